The fourth-order valence-corrected chi connectivity index (χ4v) is 3.45. The normalized spacial score (nSPS) is 11.9. The summed E-state index contributed by atoms with van der Waals surface area (Å²) in [6.45, 7) is 0. The molecule has 1 heterocycles. The van der Waals surface area contributed by atoms with Crippen molar-refractivity contribution in [1.82, 2.24) is 20.6 Å². The highest BCUT2D eigenvalue weighted by atomic mass is 32.2. The van der Waals surface area contributed by atoms with Gasteiger partial charge in [-0.3, -0.25) is 14.6 Å². The zero-order valence-electron chi connectivity index (χ0n) is 16.3. The molecule has 3 rings (SSSR count). The van der Waals surface area contributed by atoms with E-state index in [2.05, 4.69) is 25.7 Å². The Kier molecular flexibility index (Phi) is 6.81. The molecule has 0 radical (unpaired) electrons. The molecule has 1 atom stereocenters. The first-order valence-corrected chi connectivity index (χ1v) is 9.83. The van der Waals surface area contributed by atoms with E-state index in [1.54, 1.807) is 24.3 Å². The number of H-pyrrole nitrogens is 2. The van der Waals surface area contributed by atoms with Crippen LogP contribution in [0, 0.1) is 0 Å². The maximum absolute atomic E-state index is 12.8. The lowest BCUT2D eigenvalue weighted by Gasteiger charge is -2.14. The second-order valence-corrected chi connectivity index (χ2v) is 7.53. The van der Waals surface area contributed by atoms with Gasteiger partial charge in [-0.25, -0.2) is 15.3 Å². The molecule has 1 aromatic heterocycles. The first-order valence-electron chi connectivity index (χ1n) is 8.95. The number of hydrogen-bond acceptors (Lipinski definition) is 7. The first kappa shape index (κ1) is 21.1. The van der Waals surface area contributed by atoms with Gasteiger partial charge in [0.1, 0.15) is 5.25 Å². The Balaban J connectivity index is 1.76. The molecule has 3 N–H and O–H groups in total. The Morgan fingerprint density at radius 3 is 2.47 bits per heavy atom. The van der Waals surface area contributed by atoms with Crippen LogP contribution in [0.2, 0.25) is 0 Å². The van der Waals surface area contributed by atoms with E-state index in [0.29, 0.717) is 5.56 Å². The van der Waals surface area contributed by atoms with Gasteiger partial charge in [0.15, 0.2) is 5.03 Å². The minimum atomic E-state index is -0.793. The van der Waals surface area contributed by atoms with Crippen molar-refractivity contribution in [2.45, 2.75) is 10.3 Å². The van der Waals surface area contributed by atoms with E-state index in [1.165, 1.54) is 6.21 Å². The van der Waals surface area contributed by atoms with Crippen LogP contribution in [0.5, 0.6) is 0 Å². The van der Waals surface area contributed by atoms with Gasteiger partial charge in [-0.2, -0.15) is 10.2 Å². The minimum Gasteiger partial charge on any atom is -0.378 e. The van der Waals surface area contributed by atoms with Crippen molar-refractivity contribution in [3.63, 3.8) is 0 Å². The summed E-state index contributed by atoms with van der Waals surface area (Å²) < 4.78 is 0. The van der Waals surface area contributed by atoms with E-state index in [9.17, 15) is 14.4 Å². The number of aromatic nitrogens is 3. The molecule has 3 aromatic rings. The van der Waals surface area contributed by atoms with Gasteiger partial charge in [0.25, 0.3) is 11.5 Å². The molecule has 0 fully saturated rings. The molecule has 0 bridgehead atoms. The molecule has 0 aliphatic rings. The minimum absolute atomic E-state index is 0.0261. The van der Waals surface area contributed by atoms with Crippen LogP contribution in [-0.2, 0) is 4.79 Å². The first-order chi connectivity index (χ1) is 14.4. The van der Waals surface area contributed by atoms with Gasteiger partial charge >= 0.3 is 5.69 Å². The maximum atomic E-state index is 12.8. The number of nitrogens with zero attached hydrogens (tertiary/aromatic N) is 3. The van der Waals surface area contributed by atoms with Crippen LogP contribution in [0.4, 0.5) is 5.69 Å². The molecular formula is C20H20N6O3S. The molecule has 1 unspecified atom stereocenters. The second kappa shape index (κ2) is 9.70. The molecule has 154 valence electrons. The summed E-state index contributed by atoms with van der Waals surface area (Å²) in [6.07, 6.45) is 1.54. The van der Waals surface area contributed by atoms with Crippen molar-refractivity contribution in [2.75, 3.05) is 19.0 Å². The molecule has 9 nitrogen and oxygen atoms in total. The summed E-state index contributed by atoms with van der Waals surface area (Å²) in [5, 5.41) is 9.11. The molecule has 0 spiro atoms. The Labute approximate surface area is 176 Å². The van der Waals surface area contributed by atoms with Crippen LogP contribution >= 0.6 is 11.8 Å². The summed E-state index contributed by atoms with van der Waals surface area (Å²) in [4.78, 5) is 40.0. The largest absolute Gasteiger partial charge is 0.378 e. The van der Waals surface area contributed by atoms with Gasteiger partial charge in [-0.05, 0) is 23.3 Å². The number of hydrazone groups is 1. The van der Waals surface area contributed by atoms with Crippen LogP contribution < -0.4 is 21.6 Å². The number of anilines is 1. The lowest BCUT2D eigenvalue weighted by atomic mass is 10.1. The van der Waals surface area contributed by atoms with Crippen molar-refractivity contribution in [2.24, 2.45) is 5.10 Å². The number of rotatable bonds is 7. The van der Waals surface area contributed by atoms with E-state index in [4.69, 9.17) is 0 Å². The van der Waals surface area contributed by atoms with Crippen molar-refractivity contribution in [1.29, 1.82) is 0 Å². The summed E-state index contributed by atoms with van der Waals surface area (Å²) in [5.74, 6) is -0.431. The summed E-state index contributed by atoms with van der Waals surface area (Å²) in [6, 6.07) is 16.6. The Morgan fingerprint density at radius 1 is 1.13 bits per heavy atom. The predicted octanol–water partition coefficient (Wildman–Crippen LogP) is 1.51. The number of hydrogen-bond donors (Lipinski definition) is 3. The van der Waals surface area contributed by atoms with Crippen molar-refractivity contribution < 1.29 is 4.79 Å². The zero-order valence-corrected chi connectivity index (χ0v) is 17.1. The predicted molar refractivity (Wildman–Crippen MR) is 117 cm³/mol. The molecule has 1 amide bonds. The van der Waals surface area contributed by atoms with Crippen LogP contribution in [0.15, 0.2) is 74.3 Å². The smallest absolute Gasteiger partial charge is 0.342 e. The van der Waals surface area contributed by atoms with Crippen LogP contribution in [0.1, 0.15) is 16.4 Å². The number of amides is 1. The van der Waals surface area contributed by atoms with E-state index in [1.807, 2.05) is 49.3 Å². The Morgan fingerprint density at radius 2 is 1.83 bits per heavy atom. The van der Waals surface area contributed by atoms with E-state index >= 15 is 0 Å². The van der Waals surface area contributed by atoms with Crippen LogP contribution in [0.3, 0.4) is 0 Å². The quantitative estimate of drug-likeness (QED) is 0.300. The zero-order chi connectivity index (χ0) is 21.5. The monoisotopic (exact) mass is 424 g/mol. The van der Waals surface area contributed by atoms with Crippen LogP contribution in [0.25, 0.3) is 0 Å². The molecule has 0 aliphatic heterocycles. The third kappa shape index (κ3) is 5.45. The number of thioether (sulfide) groups is 1. The van der Waals surface area contributed by atoms with Crippen molar-refractivity contribution >= 4 is 29.6 Å². The van der Waals surface area contributed by atoms with E-state index in [-0.39, 0.29) is 5.03 Å². The third-order valence-corrected chi connectivity index (χ3v) is 5.27. The molecule has 10 heteroatoms. The number of aromatic amines is 2. The number of carbonyl (C=O) groups is 1. The van der Waals surface area contributed by atoms with Crippen LogP contribution in [-0.4, -0.2) is 41.4 Å². The molecule has 2 aromatic carbocycles. The maximum Gasteiger partial charge on any atom is 0.342 e. The lowest BCUT2D eigenvalue weighted by Crippen LogP contribution is -2.28. The van der Waals surface area contributed by atoms with E-state index in [0.717, 1.165) is 23.0 Å². The van der Waals surface area contributed by atoms with E-state index < -0.39 is 22.4 Å². The van der Waals surface area contributed by atoms with Gasteiger partial charge in [0.2, 0.25) is 0 Å². The van der Waals surface area contributed by atoms with Crippen molar-refractivity contribution in [3.05, 3.63) is 86.6 Å². The fourth-order valence-electron chi connectivity index (χ4n) is 2.52. The highest BCUT2D eigenvalue weighted by Gasteiger charge is 2.24. The Hall–Kier alpha value is -3.66. The average molecular weight is 424 g/mol. The summed E-state index contributed by atoms with van der Waals surface area (Å²) in [7, 11) is 3.90. The van der Waals surface area contributed by atoms with Crippen molar-refractivity contribution in [3.8, 4) is 0 Å². The molecular weight excluding hydrogens is 404 g/mol. The Bertz CT molecular complexity index is 1140. The van der Waals surface area contributed by atoms with Gasteiger partial charge in [-0.1, -0.05) is 54.2 Å². The number of benzene rings is 2. The summed E-state index contributed by atoms with van der Waals surface area (Å²) in [5.41, 5.74) is 3.67. The van der Waals surface area contributed by atoms with Gasteiger partial charge in [0, 0.05) is 19.8 Å². The molecule has 30 heavy (non-hydrogen) atoms. The fraction of sp³-hybridized carbons (Fsp3) is 0.150. The van der Waals surface area contributed by atoms with Gasteiger partial charge in [0.05, 0.1) is 6.21 Å². The molecule has 0 saturated carbocycles. The highest BCUT2D eigenvalue weighted by molar-refractivity contribution is 8.00. The lowest BCUT2D eigenvalue weighted by molar-refractivity contribution is -0.120. The number of carbonyl (C=O) groups excluding carboxylic acids is 1. The van der Waals surface area contributed by atoms with Gasteiger partial charge < -0.3 is 4.90 Å². The average Bonchev–Trinajstić information content (AvgIpc) is 2.74. The highest BCUT2D eigenvalue weighted by Crippen LogP contribution is 2.32. The topological polar surface area (TPSA) is 123 Å². The number of nitrogens with one attached hydrogen (secondary N) is 3. The summed E-state index contributed by atoms with van der Waals surface area (Å²) >= 11 is 0.920. The van der Waals surface area contributed by atoms with Gasteiger partial charge in [-0.15, -0.1) is 0 Å². The third-order valence-electron chi connectivity index (χ3n) is 4.05. The second-order valence-electron chi connectivity index (χ2n) is 6.44. The molecule has 0 saturated heterocycles. The molecule has 0 aliphatic carbocycles. The standard InChI is InChI=1S/C20H20N6O3S/c1-26(2)15-10-8-13(9-11-15)12-21-23-17(27)16(14-6-4-3-5-7-14)30-19-18(28)22-20(29)25-24-19/h3-12,16H,1-2H3,(H,23,27)(H2,22,25,28,29)/b21-12-. The SMILES string of the molecule is CN(C)c1ccc(/C=N\NC(=O)C(Sc2n[nH]c(=O)[nH]c2=O)c2ccccc2)cc1.